The highest BCUT2D eigenvalue weighted by atomic mass is 15.4. The summed E-state index contributed by atoms with van der Waals surface area (Å²) in [5, 5.41) is 2.46. The van der Waals surface area contributed by atoms with E-state index in [0.717, 1.165) is 75.6 Å². The van der Waals surface area contributed by atoms with Crippen LogP contribution in [0.25, 0.3) is 10.8 Å². The normalized spacial score (nSPS) is 18.3. The highest BCUT2D eigenvalue weighted by Crippen LogP contribution is 2.26. The molecule has 0 N–H and O–H groups in total. The molecule has 4 heterocycles. The number of aryl methyl sites for hydroxylation is 1. The van der Waals surface area contributed by atoms with Crippen LogP contribution in [0.3, 0.4) is 0 Å². The van der Waals surface area contributed by atoms with E-state index >= 15 is 0 Å². The Balaban J connectivity index is 1.32. The monoisotopic (exact) mass is 403 g/mol. The van der Waals surface area contributed by atoms with Crippen molar-refractivity contribution in [2.45, 2.75) is 6.92 Å². The molecule has 5 rings (SSSR count). The van der Waals surface area contributed by atoms with Gasteiger partial charge >= 0.3 is 0 Å². The fraction of sp³-hybridized carbons (Fsp3) is 0.435. The molecule has 0 amide bonds. The molecule has 1 aromatic carbocycles. The van der Waals surface area contributed by atoms with Gasteiger partial charge in [-0.3, -0.25) is 0 Å². The van der Waals surface area contributed by atoms with E-state index in [4.69, 9.17) is 9.97 Å². The Labute approximate surface area is 178 Å². The Morgan fingerprint density at radius 2 is 1.47 bits per heavy atom. The van der Waals surface area contributed by atoms with Crippen LogP contribution in [0.5, 0.6) is 0 Å². The van der Waals surface area contributed by atoms with Gasteiger partial charge in [0.2, 0.25) is 5.95 Å². The van der Waals surface area contributed by atoms with Crippen LogP contribution in [0, 0.1) is 6.92 Å². The second kappa shape index (κ2) is 8.07. The van der Waals surface area contributed by atoms with Crippen LogP contribution in [0.1, 0.15) is 5.69 Å². The number of piperazine rings is 2. The lowest BCUT2D eigenvalue weighted by Crippen LogP contribution is -2.48. The number of fused-ring (bicyclic) bond motifs is 1. The van der Waals surface area contributed by atoms with Crippen molar-refractivity contribution in [2.75, 3.05) is 74.1 Å². The van der Waals surface area contributed by atoms with E-state index in [1.54, 1.807) is 0 Å². The van der Waals surface area contributed by atoms with Gasteiger partial charge in [0.25, 0.3) is 0 Å². The molecule has 0 bridgehead atoms. The minimum atomic E-state index is 0.856. The zero-order chi connectivity index (χ0) is 20.5. The lowest BCUT2D eigenvalue weighted by Gasteiger charge is -2.37. The summed E-state index contributed by atoms with van der Waals surface area (Å²) in [5.41, 5.74) is 1.03. The molecule has 0 unspecified atom stereocenters. The molecular weight excluding hydrogens is 374 g/mol. The van der Waals surface area contributed by atoms with E-state index in [1.165, 1.54) is 10.8 Å². The molecule has 0 spiro atoms. The molecular formula is C23H29N7. The maximum atomic E-state index is 4.94. The zero-order valence-corrected chi connectivity index (χ0v) is 17.8. The van der Waals surface area contributed by atoms with Crippen LogP contribution >= 0.6 is 0 Å². The van der Waals surface area contributed by atoms with Gasteiger partial charge in [-0.15, -0.1) is 0 Å². The van der Waals surface area contributed by atoms with Gasteiger partial charge in [-0.05, 0) is 25.4 Å². The number of anilines is 3. The van der Waals surface area contributed by atoms with Crippen LogP contribution in [-0.2, 0) is 0 Å². The Kier molecular flexibility index (Phi) is 5.12. The number of hydrogen-bond donors (Lipinski definition) is 0. The SMILES string of the molecule is Cc1cc(N2CCN(C)CC2)nc(N2CCN(c3nccc4ccccc34)CC2)n1. The molecule has 2 aromatic heterocycles. The van der Waals surface area contributed by atoms with Crippen molar-refractivity contribution >= 4 is 28.4 Å². The van der Waals surface area contributed by atoms with E-state index in [2.05, 4.69) is 75.0 Å². The Morgan fingerprint density at radius 1 is 0.767 bits per heavy atom. The Bertz CT molecular complexity index is 1020. The third-order valence-electron chi connectivity index (χ3n) is 6.17. The lowest BCUT2D eigenvalue weighted by atomic mass is 10.1. The fourth-order valence-corrected chi connectivity index (χ4v) is 4.35. The summed E-state index contributed by atoms with van der Waals surface area (Å²) in [5.74, 6) is 2.99. The van der Waals surface area contributed by atoms with Crippen LogP contribution in [-0.4, -0.2) is 79.3 Å². The van der Waals surface area contributed by atoms with E-state index < -0.39 is 0 Å². The molecule has 2 fully saturated rings. The van der Waals surface area contributed by atoms with Gasteiger partial charge < -0.3 is 19.6 Å². The number of rotatable bonds is 3. The second-order valence-corrected chi connectivity index (χ2v) is 8.29. The van der Waals surface area contributed by atoms with Crippen LogP contribution in [0.4, 0.5) is 17.6 Å². The molecule has 2 saturated heterocycles. The largest absolute Gasteiger partial charge is 0.354 e. The molecule has 2 aliphatic heterocycles. The molecule has 156 valence electrons. The van der Waals surface area contributed by atoms with Crippen LogP contribution < -0.4 is 14.7 Å². The summed E-state index contributed by atoms with van der Waals surface area (Å²) in [6, 6.07) is 12.7. The molecule has 0 saturated carbocycles. The highest BCUT2D eigenvalue weighted by Gasteiger charge is 2.23. The average molecular weight is 404 g/mol. The van der Waals surface area contributed by atoms with Gasteiger partial charge in [-0.2, -0.15) is 4.98 Å². The fourth-order valence-electron chi connectivity index (χ4n) is 4.35. The van der Waals surface area contributed by atoms with Crippen molar-refractivity contribution in [3.63, 3.8) is 0 Å². The average Bonchev–Trinajstić information content (AvgIpc) is 2.79. The molecule has 7 heteroatoms. The molecule has 0 atom stereocenters. The summed E-state index contributed by atoms with van der Waals surface area (Å²) in [4.78, 5) is 23.8. The smallest absolute Gasteiger partial charge is 0.227 e. The van der Waals surface area contributed by atoms with Gasteiger partial charge in [0.1, 0.15) is 11.6 Å². The summed E-state index contributed by atoms with van der Waals surface area (Å²) in [6.07, 6.45) is 1.91. The van der Waals surface area contributed by atoms with Crippen LogP contribution in [0.2, 0.25) is 0 Å². The van der Waals surface area contributed by atoms with Gasteiger partial charge in [-0.1, -0.05) is 24.3 Å². The maximum absolute atomic E-state index is 4.94. The second-order valence-electron chi connectivity index (χ2n) is 8.29. The predicted octanol–water partition coefficient (Wildman–Crippen LogP) is 2.41. The number of hydrogen-bond acceptors (Lipinski definition) is 7. The topological polar surface area (TPSA) is 51.6 Å². The van der Waals surface area contributed by atoms with E-state index in [0.29, 0.717) is 0 Å². The maximum Gasteiger partial charge on any atom is 0.227 e. The first-order valence-corrected chi connectivity index (χ1v) is 10.8. The first-order chi connectivity index (χ1) is 14.7. The van der Waals surface area contributed by atoms with Gasteiger partial charge in [0, 0.05) is 75.7 Å². The summed E-state index contributed by atoms with van der Waals surface area (Å²) in [7, 11) is 2.18. The van der Waals surface area contributed by atoms with E-state index in [-0.39, 0.29) is 0 Å². The quantitative estimate of drug-likeness (QED) is 0.666. The zero-order valence-electron chi connectivity index (χ0n) is 17.8. The lowest BCUT2D eigenvalue weighted by molar-refractivity contribution is 0.312. The predicted molar refractivity (Wildman–Crippen MR) is 123 cm³/mol. The number of likely N-dealkylation sites (N-methyl/N-ethyl adjacent to an activating group) is 1. The van der Waals surface area contributed by atoms with Crippen molar-refractivity contribution in [1.82, 2.24) is 19.9 Å². The summed E-state index contributed by atoms with van der Waals surface area (Å²) >= 11 is 0. The van der Waals surface area contributed by atoms with Crippen molar-refractivity contribution in [3.8, 4) is 0 Å². The van der Waals surface area contributed by atoms with Crippen molar-refractivity contribution in [1.29, 1.82) is 0 Å². The standard InChI is InChI=1S/C23H29N7/c1-18-17-21(28-11-9-27(2)10-12-28)26-23(25-18)30-15-13-29(14-16-30)22-20-6-4-3-5-19(20)7-8-24-22/h3-8,17H,9-16H2,1-2H3. The Hall–Kier alpha value is -2.93. The van der Waals surface area contributed by atoms with Crippen molar-refractivity contribution < 1.29 is 0 Å². The van der Waals surface area contributed by atoms with Gasteiger partial charge in [-0.25, -0.2) is 9.97 Å². The molecule has 2 aliphatic rings. The summed E-state index contributed by atoms with van der Waals surface area (Å²) in [6.45, 7) is 9.91. The van der Waals surface area contributed by atoms with E-state index in [1.807, 2.05) is 6.20 Å². The third-order valence-corrected chi connectivity index (χ3v) is 6.17. The first kappa shape index (κ1) is 19.1. The minimum absolute atomic E-state index is 0.856. The molecule has 0 radical (unpaired) electrons. The number of pyridine rings is 1. The van der Waals surface area contributed by atoms with Gasteiger partial charge in [0.15, 0.2) is 0 Å². The Morgan fingerprint density at radius 3 is 2.27 bits per heavy atom. The molecule has 30 heavy (non-hydrogen) atoms. The molecule has 3 aromatic rings. The van der Waals surface area contributed by atoms with Crippen molar-refractivity contribution in [3.05, 3.63) is 48.3 Å². The highest BCUT2D eigenvalue weighted by molar-refractivity contribution is 5.92. The first-order valence-electron chi connectivity index (χ1n) is 10.8. The van der Waals surface area contributed by atoms with Crippen molar-refractivity contribution in [2.24, 2.45) is 0 Å². The number of benzene rings is 1. The molecule has 0 aliphatic carbocycles. The summed E-state index contributed by atoms with van der Waals surface area (Å²) < 4.78 is 0. The molecule has 7 nitrogen and oxygen atoms in total. The van der Waals surface area contributed by atoms with E-state index in [9.17, 15) is 0 Å². The number of aromatic nitrogens is 3. The number of nitrogens with zero attached hydrogens (tertiary/aromatic N) is 7. The minimum Gasteiger partial charge on any atom is -0.354 e. The van der Waals surface area contributed by atoms with Gasteiger partial charge in [0.05, 0.1) is 0 Å². The van der Waals surface area contributed by atoms with Crippen LogP contribution in [0.15, 0.2) is 42.6 Å². The third kappa shape index (κ3) is 3.77.